The van der Waals surface area contributed by atoms with Gasteiger partial charge in [0.2, 0.25) is 10.0 Å². The molecule has 0 unspecified atom stereocenters. The molecule has 1 aromatic rings. The van der Waals surface area contributed by atoms with Crippen molar-refractivity contribution in [2.24, 2.45) is 0 Å². The largest absolute Gasteiger partial charge is 0.381 e. The quantitative estimate of drug-likeness (QED) is 0.671. The number of halogens is 1. The summed E-state index contributed by atoms with van der Waals surface area (Å²) in [5.74, 6) is 0. The zero-order valence-electron chi connectivity index (χ0n) is 11.3. The van der Waals surface area contributed by atoms with Gasteiger partial charge in [-0.2, -0.15) is 0 Å². The van der Waals surface area contributed by atoms with E-state index in [0.717, 1.165) is 6.07 Å². The summed E-state index contributed by atoms with van der Waals surface area (Å²) in [4.78, 5) is 9.96. The average Bonchev–Trinajstić information content (AvgIpc) is 2.38. The molecule has 0 atom stereocenters. The van der Waals surface area contributed by atoms with E-state index in [1.54, 1.807) is 6.92 Å². The number of nitrogens with zero attached hydrogens (tertiary/aromatic N) is 1. The molecule has 1 aromatic carbocycles. The summed E-state index contributed by atoms with van der Waals surface area (Å²) in [6.45, 7) is 2.73. The molecule has 0 spiro atoms. The van der Waals surface area contributed by atoms with E-state index in [0.29, 0.717) is 26.1 Å². The standard InChI is InChI=1S/C12H15ClN2O5S/c1-12(4-6-20-7-5-12)14-21(18,19)9-2-3-10(13)11(8-9)15(16)17/h2-3,8,14H,4-7H2,1H3. The lowest BCUT2D eigenvalue weighted by Gasteiger charge is -2.33. The van der Waals surface area contributed by atoms with E-state index in [9.17, 15) is 18.5 Å². The SMILES string of the molecule is CC1(NS(=O)(=O)c2ccc(Cl)c([N+](=O)[O-])c2)CCOCC1. The number of nitro benzene ring substituents is 1. The van der Waals surface area contributed by atoms with E-state index < -0.39 is 26.2 Å². The highest BCUT2D eigenvalue weighted by molar-refractivity contribution is 7.89. The van der Waals surface area contributed by atoms with Gasteiger partial charge < -0.3 is 4.74 Å². The Morgan fingerprint density at radius 2 is 2.00 bits per heavy atom. The number of nitro groups is 1. The summed E-state index contributed by atoms with van der Waals surface area (Å²) in [7, 11) is -3.86. The van der Waals surface area contributed by atoms with Gasteiger partial charge in [-0.25, -0.2) is 13.1 Å². The van der Waals surface area contributed by atoms with Gasteiger partial charge in [0, 0.05) is 24.8 Å². The highest BCUT2D eigenvalue weighted by Crippen LogP contribution is 2.28. The van der Waals surface area contributed by atoms with Gasteiger partial charge >= 0.3 is 0 Å². The molecule has 1 fully saturated rings. The zero-order valence-corrected chi connectivity index (χ0v) is 12.9. The van der Waals surface area contributed by atoms with Crippen molar-refractivity contribution in [3.8, 4) is 0 Å². The van der Waals surface area contributed by atoms with Gasteiger partial charge in [0.1, 0.15) is 5.02 Å². The average molecular weight is 335 g/mol. The predicted molar refractivity (Wildman–Crippen MR) is 76.9 cm³/mol. The van der Waals surface area contributed by atoms with Crippen molar-refractivity contribution in [3.05, 3.63) is 33.3 Å². The molecule has 9 heteroatoms. The Morgan fingerprint density at radius 3 is 2.57 bits per heavy atom. The lowest BCUT2D eigenvalue weighted by molar-refractivity contribution is -0.384. The molecule has 116 valence electrons. The van der Waals surface area contributed by atoms with Gasteiger partial charge in [-0.1, -0.05) is 11.6 Å². The maximum Gasteiger partial charge on any atom is 0.289 e. The monoisotopic (exact) mass is 334 g/mol. The predicted octanol–water partition coefficient (Wildman–Crippen LogP) is 2.10. The maximum absolute atomic E-state index is 12.4. The lowest BCUT2D eigenvalue weighted by Crippen LogP contribution is -2.49. The Kier molecular flexibility index (Phi) is 4.52. The third-order valence-electron chi connectivity index (χ3n) is 3.40. The van der Waals surface area contributed by atoms with Crippen molar-refractivity contribution in [3.63, 3.8) is 0 Å². The van der Waals surface area contributed by atoms with Crippen molar-refractivity contribution >= 4 is 27.3 Å². The number of hydrogen-bond donors (Lipinski definition) is 1. The van der Waals surface area contributed by atoms with Gasteiger partial charge in [-0.05, 0) is 31.9 Å². The zero-order chi connectivity index (χ0) is 15.7. The number of sulfonamides is 1. The smallest absolute Gasteiger partial charge is 0.289 e. The van der Waals surface area contributed by atoms with E-state index in [2.05, 4.69) is 4.72 Å². The minimum atomic E-state index is -3.86. The van der Waals surface area contributed by atoms with Crippen LogP contribution in [-0.2, 0) is 14.8 Å². The van der Waals surface area contributed by atoms with Crippen LogP contribution < -0.4 is 4.72 Å². The molecule has 0 saturated carbocycles. The van der Waals surface area contributed by atoms with Crippen molar-refractivity contribution in [1.29, 1.82) is 0 Å². The molecular formula is C12H15ClN2O5S. The maximum atomic E-state index is 12.4. The van der Waals surface area contributed by atoms with Gasteiger partial charge in [-0.15, -0.1) is 0 Å². The Hall–Kier alpha value is -1.22. The van der Waals surface area contributed by atoms with E-state index in [4.69, 9.17) is 16.3 Å². The first kappa shape index (κ1) is 16.2. The molecule has 1 N–H and O–H groups in total. The van der Waals surface area contributed by atoms with Crippen LogP contribution in [0.4, 0.5) is 5.69 Å². The Balaban J connectivity index is 2.31. The molecule has 0 amide bonds. The second-order valence-corrected chi connectivity index (χ2v) is 7.24. The highest BCUT2D eigenvalue weighted by Gasteiger charge is 2.33. The fourth-order valence-corrected chi connectivity index (χ4v) is 3.78. The lowest BCUT2D eigenvalue weighted by atomic mass is 9.94. The topological polar surface area (TPSA) is 98.5 Å². The summed E-state index contributed by atoms with van der Waals surface area (Å²) in [6, 6.07) is 3.42. The van der Waals surface area contributed by atoms with Crippen LogP contribution in [0.2, 0.25) is 5.02 Å². The molecule has 21 heavy (non-hydrogen) atoms. The molecular weight excluding hydrogens is 320 g/mol. The fraction of sp³-hybridized carbons (Fsp3) is 0.500. The molecule has 7 nitrogen and oxygen atoms in total. The molecule has 1 heterocycles. The van der Waals surface area contributed by atoms with Gasteiger partial charge in [0.25, 0.3) is 5.69 Å². The van der Waals surface area contributed by atoms with E-state index in [1.807, 2.05) is 0 Å². The molecule has 2 rings (SSSR count). The van der Waals surface area contributed by atoms with E-state index in [-0.39, 0.29) is 9.92 Å². The van der Waals surface area contributed by atoms with Crippen LogP contribution in [0.1, 0.15) is 19.8 Å². The molecule has 1 aliphatic heterocycles. The minimum Gasteiger partial charge on any atom is -0.381 e. The Bertz CT molecular complexity index is 656. The Labute approximate surface area is 127 Å². The number of rotatable bonds is 4. The van der Waals surface area contributed by atoms with Crippen LogP contribution in [0.3, 0.4) is 0 Å². The number of nitrogens with one attached hydrogen (secondary N) is 1. The number of ether oxygens (including phenoxy) is 1. The third-order valence-corrected chi connectivity index (χ3v) is 5.36. The minimum absolute atomic E-state index is 0.101. The first-order chi connectivity index (χ1) is 9.73. The van der Waals surface area contributed by atoms with Crippen molar-refractivity contribution in [1.82, 2.24) is 4.72 Å². The van der Waals surface area contributed by atoms with E-state index in [1.165, 1.54) is 12.1 Å². The van der Waals surface area contributed by atoms with Crippen molar-refractivity contribution < 1.29 is 18.1 Å². The molecule has 1 saturated heterocycles. The van der Waals surface area contributed by atoms with Crippen LogP contribution in [-0.4, -0.2) is 32.1 Å². The second-order valence-electron chi connectivity index (χ2n) is 5.15. The van der Waals surface area contributed by atoms with Gasteiger partial charge in [-0.3, -0.25) is 10.1 Å². The Morgan fingerprint density at radius 1 is 1.38 bits per heavy atom. The van der Waals surface area contributed by atoms with Crippen LogP contribution in [0, 0.1) is 10.1 Å². The molecule has 0 bridgehead atoms. The van der Waals surface area contributed by atoms with Crippen LogP contribution in [0.15, 0.2) is 23.1 Å². The highest BCUT2D eigenvalue weighted by atomic mass is 35.5. The first-order valence-corrected chi connectivity index (χ1v) is 8.15. The summed E-state index contributed by atoms with van der Waals surface area (Å²) in [6.07, 6.45) is 1.09. The summed E-state index contributed by atoms with van der Waals surface area (Å²) in [5.41, 5.74) is -1.05. The molecule has 1 aliphatic rings. The van der Waals surface area contributed by atoms with Crippen LogP contribution in [0.25, 0.3) is 0 Å². The van der Waals surface area contributed by atoms with Gasteiger partial charge in [0.05, 0.1) is 9.82 Å². The second kappa shape index (κ2) is 5.88. The van der Waals surface area contributed by atoms with Crippen molar-refractivity contribution in [2.45, 2.75) is 30.2 Å². The van der Waals surface area contributed by atoms with E-state index >= 15 is 0 Å². The molecule has 0 aromatic heterocycles. The normalized spacial score (nSPS) is 18.4. The van der Waals surface area contributed by atoms with Gasteiger partial charge in [0.15, 0.2) is 0 Å². The molecule has 0 radical (unpaired) electrons. The fourth-order valence-electron chi connectivity index (χ4n) is 2.11. The summed E-state index contributed by atoms with van der Waals surface area (Å²) in [5, 5.41) is 10.7. The van der Waals surface area contributed by atoms with Crippen molar-refractivity contribution in [2.75, 3.05) is 13.2 Å². The first-order valence-electron chi connectivity index (χ1n) is 6.29. The van der Waals surface area contributed by atoms with Crippen LogP contribution in [0.5, 0.6) is 0 Å². The number of hydrogen-bond acceptors (Lipinski definition) is 5. The third kappa shape index (κ3) is 3.70. The summed E-state index contributed by atoms with van der Waals surface area (Å²) >= 11 is 5.69. The molecule has 0 aliphatic carbocycles. The summed E-state index contributed by atoms with van der Waals surface area (Å²) < 4.78 is 32.6. The number of benzene rings is 1. The van der Waals surface area contributed by atoms with Crippen LogP contribution >= 0.6 is 11.6 Å².